The molecule has 7 nitrogen and oxygen atoms in total. The zero-order valence-electron chi connectivity index (χ0n) is 18.3. The van der Waals surface area contributed by atoms with E-state index in [0.29, 0.717) is 18.5 Å². The van der Waals surface area contributed by atoms with E-state index in [1.165, 1.54) is 22.8 Å². The van der Waals surface area contributed by atoms with Crippen LogP contribution in [-0.4, -0.2) is 44.3 Å². The first kappa shape index (κ1) is 23.2. The van der Waals surface area contributed by atoms with Gasteiger partial charge in [0.1, 0.15) is 10.9 Å². The molecule has 2 aromatic carbocycles. The summed E-state index contributed by atoms with van der Waals surface area (Å²) in [4.78, 5) is 26.8. The van der Waals surface area contributed by atoms with Crippen LogP contribution < -0.4 is 5.32 Å². The summed E-state index contributed by atoms with van der Waals surface area (Å²) < 4.78 is 32.5. The molecule has 0 spiro atoms. The van der Waals surface area contributed by atoms with Gasteiger partial charge in [-0.1, -0.05) is 48.0 Å². The van der Waals surface area contributed by atoms with Crippen LogP contribution in [0.2, 0.25) is 0 Å². The summed E-state index contributed by atoms with van der Waals surface area (Å²) in [6.07, 6.45) is 0.978. The highest BCUT2D eigenvalue weighted by molar-refractivity contribution is 7.89. The van der Waals surface area contributed by atoms with Crippen LogP contribution in [0.1, 0.15) is 28.1 Å². The highest BCUT2D eigenvalue weighted by atomic mass is 32.2. The van der Waals surface area contributed by atoms with Crippen molar-refractivity contribution in [2.75, 3.05) is 19.0 Å². The Bertz CT molecular complexity index is 1270. The van der Waals surface area contributed by atoms with E-state index in [1.54, 1.807) is 30.3 Å². The van der Waals surface area contributed by atoms with Crippen molar-refractivity contribution in [2.45, 2.75) is 30.7 Å². The average molecular weight is 485 g/mol. The number of amides is 1. The molecule has 1 aromatic heterocycles. The summed E-state index contributed by atoms with van der Waals surface area (Å²) in [7, 11) is -2.55. The van der Waals surface area contributed by atoms with Crippen molar-refractivity contribution in [3.05, 3.63) is 71.1 Å². The molecule has 4 rings (SSSR count). The fraction of sp³-hybridized carbons (Fsp3) is 0.250. The van der Waals surface area contributed by atoms with Gasteiger partial charge in [-0.2, -0.15) is 4.31 Å². The van der Waals surface area contributed by atoms with Crippen molar-refractivity contribution in [2.24, 2.45) is 0 Å². The lowest BCUT2D eigenvalue weighted by atomic mass is 10.2. The van der Waals surface area contributed by atoms with Gasteiger partial charge in [-0.05, 0) is 43.5 Å². The van der Waals surface area contributed by atoms with Crippen molar-refractivity contribution in [1.29, 1.82) is 0 Å². The van der Waals surface area contributed by atoms with Crippen LogP contribution in [0.5, 0.6) is 0 Å². The van der Waals surface area contributed by atoms with Crippen LogP contribution in [0.15, 0.2) is 65.6 Å². The lowest BCUT2D eigenvalue weighted by Crippen LogP contribution is -2.43. The number of methoxy groups -OCH3 is 1. The zero-order chi connectivity index (χ0) is 23.6. The second kappa shape index (κ2) is 9.46. The fourth-order valence-corrected chi connectivity index (χ4v) is 6.52. The van der Waals surface area contributed by atoms with Gasteiger partial charge in [0.05, 0.1) is 17.7 Å². The second-order valence-corrected chi connectivity index (χ2v) is 10.7. The summed E-state index contributed by atoms with van der Waals surface area (Å²) >= 11 is 1.21. The molecule has 1 fully saturated rings. The number of rotatable bonds is 6. The van der Waals surface area contributed by atoms with Crippen LogP contribution in [0, 0.1) is 6.92 Å². The molecule has 0 aliphatic carbocycles. The predicted molar refractivity (Wildman–Crippen MR) is 128 cm³/mol. The number of anilines is 1. The predicted octanol–water partition coefficient (Wildman–Crippen LogP) is 4.30. The van der Waals surface area contributed by atoms with E-state index >= 15 is 0 Å². The van der Waals surface area contributed by atoms with E-state index < -0.39 is 27.9 Å². The Kier molecular flexibility index (Phi) is 6.64. The SMILES string of the molecule is COC(=O)c1sc(-c2ccccc2)cc1NC(=O)C1CCCN1S(=O)(=O)c1ccc(C)cc1. The molecule has 1 aliphatic heterocycles. The van der Waals surface area contributed by atoms with Crippen molar-refractivity contribution >= 4 is 38.9 Å². The van der Waals surface area contributed by atoms with Crippen molar-refractivity contribution < 1.29 is 22.7 Å². The first-order valence-electron chi connectivity index (χ1n) is 10.5. The van der Waals surface area contributed by atoms with Crippen LogP contribution >= 0.6 is 11.3 Å². The maximum absolute atomic E-state index is 13.2. The van der Waals surface area contributed by atoms with E-state index in [0.717, 1.165) is 16.0 Å². The number of thiophene rings is 1. The summed E-state index contributed by atoms with van der Waals surface area (Å²) in [5.74, 6) is -1.03. The third-order valence-corrected chi connectivity index (χ3v) is 8.64. The molecular formula is C24H24N2O5S2. The van der Waals surface area contributed by atoms with E-state index in [1.807, 2.05) is 37.3 Å². The second-order valence-electron chi connectivity index (χ2n) is 7.79. The maximum atomic E-state index is 13.2. The van der Waals surface area contributed by atoms with Gasteiger partial charge in [-0.3, -0.25) is 4.79 Å². The Morgan fingerprint density at radius 1 is 1.09 bits per heavy atom. The standard InChI is InChI=1S/C24H24N2O5S2/c1-16-10-12-18(13-11-16)33(29,30)26-14-6-9-20(26)23(27)25-19-15-21(17-7-4-3-5-8-17)32-22(19)24(28)31-2/h3-5,7-8,10-13,15,20H,6,9,14H2,1-2H3,(H,25,27). The quantitative estimate of drug-likeness (QED) is 0.527. The number of nitrogens with zero attached hydrogens (tertiary/aromatic N) is 1. The number of hydrogen-bond donors (Lipinski definition) is 1. The molecule has 1 atom stereocenters. The third-order valence-electron chi connectivity index (χ3n) is 5.55. The lowest BCUT2D eigenvalue weighted by molar-refractivity contribution is -0.119. The molecule has 0 radical (unpaired) electrons. The van der Waals surface area contributed by atoms with Gasteiger partial charge in [0.15, 0.2) is 0 Å². The first-order valence-corrected chi connectivity index (χ1v) is 12.7. The summed E-state index contributed by atoms with van der Waals surface area (Å²) in [6.45, 7) is 2.14. The number of nitrogens with one attached hydrogen (secondary N) is 1. The van der Waals surface area contributed by atoms with Crippen molar-refractivity contribution in [3.63, 3.8) is 0 Å². The number of hydrogen-bond acceptors (Lipinski definition) is 6. The Morgan fingerprint density at radius 2 is 1.79 bits per heavy atom. The molecule has 1 saturated heterocycles. The number of benzene rings is 2. The van der Waals surface area contributed by atoms with Gasteiger partial charge in [0, 0.05) is 11.4 Å². The van der Waals surface area contributed by atoms with Gasteiger partial charge in [0.2, 0.25) is 15.9 Å². The fourth-order valence-electron chi connectivity index (χ4n) is 3.82. The largest absolute Gasteiger partial charge is 0.465 e. The molecule has 1 aliphatic rings. The van der Waals surface area contributed by atoms with Crippen LogP contribution in [0.25, 0.3) is 10.4 Å². The molecule has 0 saturated carbocycles. The topological polar surface area (TPSA) is 92.8 Å². The monoisotopic (exact) mass is 484 g/mol. The number of sulfonamides is 1. The maximum Gasteiger partial charge on any atom is 0.350 e. The summed E-state index contributed by atoms with van der Waals surface area (Å²) in [5, 5.41) is 2.79. The molecule has 3 aromatic rings. The van der Waals surface area contributed by atoms with E-state index in [2.05, 4.69) is 5.32 Å². The molecule has 2 heterocycles. The minimum absolute atomic E-state index is 0.157. The van der Waals surface area contributed by atoms with Crippen LogP contribution in [-0.2, 0) is 19.6 Å². The normalized spacial score (nSPS) is 16.5. The van der Waals surface area contributed by atoms with E-state index in [-0.39, 0.29) is 16.3 Å². The molecule has 1 N–H and O–H groups in total. The number of esters is 1. The number of carbonyl (C=O) groups is 2. The van der Waals surface area contributed by atoms with Crippen LogP contribution in [0.4, 0.5) is 5.69 Å². The Balaban J connectivity index is 1.61. The molecule has 172 valence electrons. The molecule has 1 unspecified atom stereocenters. The third kappa shape index (κ3) is 4.71. The molecular weight excluding hydrogens is 460 g/mol. The Morgan fingerprint density at radius 3 is 2.45 bits per heavy atom. The first-order chi connectivity index (χ1) is 15.8. The number of ether oxygens (including phenoxy) is 1. The molecule has 1 amide bonds. The minimum atomic E-state index is -3.83. The van der Waals surface area contributed by atoms with Crippen molar-refractivity contribution in [3.8, 4) is 10.4 Å². The summed E-state index contributed by atoms with van der Waals surface area (Å²) in [6, 6.07) is 16.9. The highest BCUT2D eigenvalue weighted by Crippen LogP contribution is 2.36. The smallest absolute Gasteiger partial charge is 0.350 e. The molecule has 33 heavy (non-hydrogen) atoms. The summed E-state index contributed by atoms with van der Waals surface area (Å²) in [5.41, 5.74) is 2.17. The van der Waals surface area contributed by atoms with Gasteiger partial charge >= 0.3 is 5.97 Å². The lowest BCUT2D eigenvalue weighted by Gasteiger charge is -2.23. The van der Waals surface area contributed by atoms with Gasteiger partial charge in [-0.15, -0.1) is 11.3 Å². The van der Waals surface area contributed by atoms with Crippen molar-refractivity contribution in [1.82, 2.24) is 4.31 Å². The number of carbonyl (C=O) groups excluding carboxylic acids is 2. The van der Waals surface area contributed by atoms with Crippen LogP contribution in [0.3, 0.4) is 0 Å². The Hall–Kier alpha value is -3.01. The molecule has 9 heteroatoms. The van der Waals surface area contributed by atoms with Gasteiger partial charge in [0.25, 0.3) is 0 Å². The zero-order valence-corrected chi connectivity index (χ0v) is 19.9. The minimum Gasteiger partial charge on any atom is -0.465 e. The highest BCUT2D eigenvalue weighted by Gasteiger charge is 2.39. The van der Waals surface area contributed by atoms with Gasteiger partial charge < -0.3 is 10.1 Å². The average Bonchev–Trinajstić information content (AvgIpc) is 3.48. The molecule has 0 bridgehead atoms. The Labute approximate surface area is 197 Å². The number of aryl methyl sites for hydroxylation is 1. The van der Waals surface area contributed by atoms with Gasteiger partial charge in [-0.25, -0.2) is 13.2 Å². The van der Waals surface area contributed by atoms with E-state index in [4.69, 9.17) is 4.74 Å². The van der Waals surface area contributed by atoms with E-state index in [9.17, 15) is 18.0 Å².